The van der Waals surface area contributed by atoms with Gasteiger partial charge >= 0.3 is 0 Å². The molecule has 4 nitrogen and oxygen atoms in total. The van der Waals surface area contributed by atoms with Crippen molar-refractivity contribution in [1.29, 1.82) is 0 Å². The first-order valence-corrected chi connectivity index (χ1v) is 8.73. The summed E-state index contributed by atoms with van der Waals surface area (Å²) in [6.45, 7) is 6.92. The lowest BCUT2D eigenvalue weighted by Crippen LogP contribution is -2.53. The highest BCUT2D eigenvalue weighted by Crippen LogP contribution is 2.25. The third-order valence-corrected chi connectivity index (χ3v) is 5.05. The van der Waals surface area contributed by atoms with Crippen LogP contribution in [0.25, 0.3) is 0 Å². The Morgan fingerprint density at radius 2 is 1.95 bits per heavy atom. The Labute approximate surface area is 129 Å². The van der Waals surface area contributed by atoms with E-state index in [1.165, 1.54) is 25.7 Å². The van der Waals surface area contributed by atoms with E-state index >= 15 is 0 Å². The second kappa shape index (κ2) is 8.14. The summed E-state index contributed by atoms with van der Waals surface area (Å²) in [5, 5.41) is 12.9. The van der Waals surface area contributed by atoms with Gasteiger partial charge in [0.25, 0.3) is 0 Å². The highest BCUT2D eigenvalue weighted by atomic mass is 16.3. The smallest absolute Gasteiger partial charge is 0.225 e. The van der Waals surface area contributed by atoms with Crippen LogP contribution in [0.3, 0.4) is 0 Å². The molecule has 2 aliphatic rings. The number of carbonyl (C=O) groups is 1. The summed E-state index contributed by atoms with van der Waals surface area (Å²) >= 11 is 0. The summed E-state index contributed by atoms with van der Waals surface area (Å²) in [7, 11) is 0. The van der Waals surface area contributed by atoms with Crippen LogP contribution in [-0.4, -0.2) is 48.2 Å². The molecule has 2 unspecified atom stereocenters. The highest BCUT2D eigenvalue weighted by Gasteiger charge is 2.30. The van der Waals surface area contributed by atoms with E-state index in [2.05, 4.69) is 5.32 Å². The standard InChI is InChI=1S/C17H32N2O2/c1-13(2)17(21)19-11-15(7-8-20)9-16(12-19)18-10-14-5-3-4-6-14/h13-16,18,20H,3-12H2,1-2H3. The molecule has 1 amide bonds. The largest absolute Gasteiger partial charge is 0.396 e. The van der Waals surface area contributed by atoms with Crippen molar-refractivity contribution in [3.05, 3.63) is 0 Å². The highest BCUT2D eigenvalue weighted by molar-refractivity contribution is 5.78. The second-order valence-corrected chi connectivity index (χ2v) is 7.27. The predicted octanol–water partition coefficient (Wildman–Crippen LogP) is 2.02. The van der Waals surface area contributed by atoms with Crippen LogP contribution in [0.4, 0.5) is 0 Å². The third kappa shape index (κ3) is 4.96. The molecular weight excluding hydrogens is 264 g/mol. The quantitative estimate of drug-likeness (QED) is 0.788. The molecule has 1 aliphatic heterocycles. The molecule has 1 saturated heterocycles. The number of piperidine rings is 1. The molecular formula is C17H32N2O2. The molecule has 1 heterocycles. The Morgan fingerprint density at radius 1 is 1.24 bits per heavy atom. The van der Waals surface area contributed by atoms with Gasteiger partial charge in [0.15, 0.2) is 0 Å². The Kier molecular flexibility index (Phi) is 6.49. The number of nitrogens with zero attached hydrogens (tertiary/aromatic N) is 1. The Morgan fingerprint density at radius 3 is 2.57 bits per heavy atom. The van der Waals surface area contributed by atoms with Crippen molar-refractivity contribution in [2.75, 3.05) is 26.2 Å². The topological polar surface area (TPSA) is 52.6 Å². The predicted molar refractivity (Wildman–Crippen MR) is 85.0 cm³/mol. The van der Waals surface area contributed by atoms with E-state index in [0.717, 1.165) is 38.4 Å². The van der Waals surface area contributed by atoms with Gasteiger partial charge in [0.05, 0.1) is 0 Å². The number of nitrogens with one attached hydrogen (secondary N) is 1. The molecule has 4 heteroatoms. The lowest BCUT2D eigenvalue weighted by Gasteiger charge is -2.39. The molecule has 0 bridgehead atoms. The van der Waals surface area contributed by atoms with Crippen molar-refractivity contribution in [1.82, 2.24) is 10.2 Å². The maximum atomic E-state index is 12.3. The van der Waals surface area contributed by atoms with Crippen molar-refractivity contribution in [2.45, 2.75) is 58.4 Å². The Balaban J connectivity index is 1.87. The summed E-state index contributed by atoms with van der Waals surface area (Å²) in [6.07, 6.45) is 7.37. The zero-order valence-corrected chi connectivity index (χ0v) is 13.7. The van der Waals surface area contributed by atoms with Gasteiger partial charge in [-0.3, -0.25) is 4.79 Å². The summed E-state index contributed by atoms with van der Waals surface area (Å²) in [6, 6.07) is 0.401. The molecule has 2 atom stereocenters. The van der Waals surface area contributed by atoms with Crippen LogP contribution < -0.4 is 5.32 Å². The lowest BCUT2D eigenvalue weighted by molar-refractivity contribution is -0.137. The fourth-order valence-corrected chi connectivity index (χ4v) is 3.84. The van der Waals surface area contributed by atoms with Crippen LogP contribution in [-0.2, 0) is 4.79 Å². The molecule has 0 spiro atoms. The molecule has 122 valence electrons. The zero-order chi connectivity index (χ0) is 15.2. The van der Waals surface area contributed by atoms with Crippen molar-refractivity contribution < 1.29 is 9.90 Å². The molecule has 0 radical (unpaired) electrons. The van der Waals surface area contributed by atoms with Gasteiger partial charge in [0.1, 0.15) is 0 Å². The third-order valence-electron chi connectivity index (χ3n) is 5.05. The van der Waals surface area contributed by atoms with Crippen molar-refractivity contribution in [3.8, 4) is 0 Å². The minimum Gasteiger partial charge on any atom is -0.396 e. The molecule has 1 aliphatic carbocycles. The number of hydrogen-bond acceptors (Lipinski definition) is 3. The van der Waals surface area contributed by atoms with Gasteiger partial charge in [0, 0.05) is 31.7 Å². The summed E-state index contributed by atoms with van der Waals surface area (Å²) in [4.78, 5) is 14.3. The molecule has 2 rings (SSSR count). The van der Waals surface area contributed by atoms with E-state index in [4.69, 9.17) is 0 Å². The van der Waals surface area contributed by atoms with Gasteiger partial charge in [-0.15, -0.1) is 0 Å². The minimum atomic E-state index is 0.0633. The minimum absolute atomic E-state index is 0.0633. The SMILES string of the molecule is CC(C)C(=O)N1CC(CCO)CC(NCC2CCCC2)C1. The number of hydrogen-bond donors (Lipinski definition) is 2. The first kappa shape index (κ1) is 16.8. The van der Waals surface area contributed by atoms with Crippen LogP contribution in [0.5, 0.6) is 0 Å². The van der Waals surface area contributed by atoms with Crippen LogP contribution in [0.1, 0.15) is 52.4 Å². The van der Waals surface area contributed by atoms with Gasteiger partial charge in [0.2, 0.25) is 5.91 Å². The van der Waals surface area contributed by atoms with Crippen LogP contribution in [0.15, 0.2) is 0 Å². The van der Waals surface area contributed by atoms with E-state index in [0.29, 0.717) is 12.0 Å². The molecule has 1 saturated carbocycles. The molecule has 0 aromatic carbocycles. The molecule has 21 heavy (non-hydrogen) atoms. The first-order chi connectivity index (χ1) is 10.1. The van der Waals surface area contributed by atoms with Crippen LogP contribution in [0.2, 0.25) is 0 Å². The van der Waals surface area contributed by atoms with Gasteiger partial charge in [-0.05, 0) is 44.1 Å². The van der Waals surface area contributed by atoms with Gasteiger partial charge in [-0.25, -0.2) is 0 Å². The fourth-order valence-electron chi connectivity index (χ4n) is 3.84. The Bertz CT molecular complexity index is 327. The van der Waals surface area contributed by atoms with Gasteiger partial charge in [-0.2, -0.15) is 0 Å². The second-order valence-electron chi connectivity index (χ2n) is 7.27. The lowest BCUT2D eigenvalue weighted by atomic mass is 9.90. The van der Waals surface area contributed by atoms with E-state index in [9.17, 15) is 9.90 Å². The summed E-state index contributed by atoms with van der Waals surface area (Å²) in [5.74, 6) is 1.59. The zero-order valence-electron chi connectivity index (χ0n) is 13.7. The number of likely N-dealkylation sites (tertiary alicyclic amines) is 1. The number of aliphatic hydroxyl groups excluding tert-OH is 1. The average Bonchev–Trinajstić information content (AvgIpc) is 2.97. The van der Waals surface area contributed by atoms with E-state index in [1.807, 2.05) is 18.7 Å². The van der Waals surface area contributed by atoms with Crippen molar-refractivity contribution in [2.24, 2.45) is 17.8 Å². The first-order valence-electron chi connectivity index (χ1n) is 8.73. The maximum absolute atomic E-state index is 12.3. The van der Waals surface area contributed by atoms with E-state index in [1.54, 1.807) is 0 Å². The average molecular weight is 296 g/mol. The van der Waals surface area contributed by atoms with Crippen LogP contribution >= 0.6 is 0 Å². The maximum Gasteiger partial charge on any atom is 0.225 e. The fraction of sp³-hybridized carbons (Fsp3) is 0.941. The van der Waals surface area contributed by atoms with Crippen molar-refractivity contribution >= 4 is 5.91 Å². The number of rotatable bonds is 6. The van der Waals surface area contributed by atoms with E-state index in [-0.39, 0.29) is 18.4 Å². The molecule has 2 N–H and O–H groups in total. The number of aliphatic hydroxyl groups is 1. The number of amides is 1. The molecule has 2 fully saturated rings. The van der Waals surface area contributed by atoms with Gasteiger partial charge in [-0.1, -0.05) is 26.7 Å². The van der Waals surface area contributed by atoms with Crippen LogP contribution in [0, 0.1) is 17.8 Å². The Hall–Kier alpha value is -0.610. The molecule has 0 aromatic rings. The normalized spacial score (nSPS) is 27.5. The van der Waals surface area contributed by atoms with Crippen molar-refractivity contribution in [3.63, 3.8) is 0 Å². The summed E-state index contributed by atoms with van der Waals surface area (Å²) < 4.78 is 0. The van der Waals surface area contributed by atoms with E-state index < -0.39 is 0 Å². The number of carbonyl (C=O) groups excluding carboxylic acids is 1. The monoisotopic (exact) mass is 296 g/mol. The summed E-state index contributed by atoms with van der Waals surface area (Å²) in [5.41, 5.74) is 0. The molecule has 0 aromatic heterocycles. The van der Waals surface area contributed by atoms with Gasteiger partial charge < -0.3 is 15.3 Å².